The van der Waals surface area contributed by atoms with Crippen LogP contribution in [-0.4, -0.2) is 24.2 Å². The van der Waals surface area contributed by atoms with Gasteiger partial charge < -0.3 is 13.7 Å². The molecule has 0 atom stereocenters. The average molecular weight is 415 g/mol. The highest BCUT2D eigenvalue weighted by Crippen LogP contribution is 2.25. The number of methoxy groups -OCH3 is 1. The Hall–Kier alpha value is -2.74. The van der Waals surface area contributed by atoms with Crippen LogP contribution in [-0.2, 0) is 11.3 Å². The van der Waals surface area contributed by atoms with Crippen LogP contribution >= 0.6 is 22.9 Å². The van der Waals surface area contributed by atoms with Gasteiger partial charge in [-0.05, 0) is 24.3 Å². The molecule has 0 spiro atoms. The van der Waals surface area contributed by atoms with Gasteiger partial charge >= 0.3 is 5.91 Å². The van der Waals surface area contributed by atoms with E-state index in [1.165, 1.54) is 17.4 Å². The molecule has 0 N–H and O–H groups in total. The highest BCUT2D eigenvalue weighted by molar-refractivity contribution is 7.16. The molecule has 6 nitrogen and oxygen atoms in total. The summed E-state index contributed by atoms with van der Waals surface area (Å²) in [4.78, 5) is 29.7. The van der Waals surface area contributed by atoms with E-state index in [-0.39, 0.29) is 11.2 Å². The van der Waals surface area contributed by atoms with E-state index in [1.807, 2.05) is 16.7 Å². The summed E-state index contributed by atoms with van der Waals surface area (Å²) in [6, 6.07) is 13.5. The first-order valence-corrected chi connectivity index (χ1v) is 9.66. The Morgan fingerprint density at radius 1 is 1.25 bits per heavy atom. The van der Waals surface area contributed by atoms with Crippen LogP contribution in [0.1, 0.15) is 10.6 Å². The summed E-state index contributed by atoms with van der Waals surface area (Å²) in [5.41, 5.74) is 0.852. The number of aromatic nitrogens is 1. The minimum atomic E-state index is -0.628. The largest absolute Gasteiger partial charge is 0.451 e. The second-order valence-corrected chi connectivity index (χ2v) is 7.42. The van der Waals surface area contributed by atoms with Gasteiger partial charge in [0.1, 0.15) is 5.58 Å². The molecule has 0 saturated heterocycles. The summed E-state index contributed by atoms with van der Waals surface area (Å²) in [5, 5.41) is 0.985. The molecule has 8 heteroatoms. The second-order valence-electron chi connectivity index (χ2n) is 6.00. The molecule has 28 heavy (non-hydrogen) atoms. The van der Waals surface area contributed by atoms with Gasteiger partial charge in [0.2, 0.25) is 0 Å². The van der Waals surface area contributed by atoms with Crippen molar-refractivity contribution in [2.24, 2.45) is 4.99 Å². The fraction of sp³-hybridized carbons (Fsp3) is 0.150. The minimum Gasteiger partial charge on any atom is -0.451 e. The topological polar surface area (TPSA) is 73.8 Å². The first kappa shape index (κ1) is 18.6. The summed E-state index contributed by atoms with van der Waals surface area (Å²) >= 11 is 7.69. The lowest BCUT2D eigenvalue weighted by Gasteiger charge is -2.05. The van der Waals surface area contributed by atoms with Crippen LogP contribution in [0.4, 0.5) is 0 Å². The molecule has 0 fully saturated rings. The van der Waals surface area contributed by atoms with Gasteiger partial charge in [0.15, 0.2) is 16.0 Å². The number of carbonyl (C=O) groups excluding carboxylic acids is 1. The summed E-state index contributed by atoms with van der Waals surface area (Å²) in [6.45, 7) is 0.914. The van der Waals surface area contributed by atoms with Crippen molar-refractivity contribution >= 4 is 50.0 Å². The molecule has 0 aliphatic heterocycles. The predicted octanol–water partition coefficient (Wildman–Crippen LogP) is 3.85. The second kappa shape index (κ2) is 7.71. The van der Waals surface area contributed by atoms with E-state index in [0.717, 1.165) is 10.2 Å². The van der Waals surface area contributed by atoms with Crippen molar-refractivity contribution in [2.45, 2.75) is 6.54 Å². The molecule has 0 bridgehead atoms. The van der Waals surface area contributed by atoms with Crippen LogP contribution < -0.4 is 10.2 Å². The van der Waals surface area contributed by atoms with Gasteiger partial charge in [-0.1, -0.05) is 41.1 Å². The van der Waals surface area contributed by atoms with Crippen molar-refractivity contribution in [3.05, 3.63) is 74.3 Å². The number of amides is 1. The number of hydrogen-bond donors (Lipinski definition) is 0. The SMILES string of the molecule is COCCn1c(=NC(=O)c2cc(=O)c3ccccc3o2)sc2cccc(Cl)c21. The number of para-hydroxylation sites is 2. The molecule has 0 saturated carbocycles. The molecule has 0 radical (unpaired) electrons. The quantitative estimate of drug-likeness (QED) is 0.508. The van der Waals surface area contributed by atoms with Crippen molar-refractivity contribution in [1.82, 2.24) is 4.57 Å². The zero-order valence-corrected chi connectivity index (χ0v) is 16.4. The number of nitrogens with zero attached hydrogens (tertiary/aromatic N) is 2. The van der Waals surface area contributed by atoms with Crippen LogP contribution in [0.15, 0.2) is 62.7 Å². The summed E-state index contributed by atoms with van der Waals surface area (Å²) in [7, 11) is 1.60. The molecule has 2 heterocycles. The van der Waals surface area contributed by atoms with Gasteiger partial charge in [0.05, 0.1) is 27.2 Å². The number of carbonyl (C=O) groups is 1. The number of thiazole rings is 1. The molecule has 4 rings (SSSR count). The Bertz CT molecular complexity index is 1320. The average Bonchev–Trinajstić information content (AvgIpc) is 3.04. The number of hydrogen-bond acceptors (Lipinski definition) is 5. The van der Waals surface area contributed by atoms with Gasteiger partial charge in [-0.15, -0.1) is 0 Å². The molecule has 0 aliphatic rings. The van der Waals surface area contributed by atoms with Crippen LogP contribution in [0, 0.1) is 0 Å². The molecule has 0 aliphatic carbocycles. The van der Waals surface area contributed by atoms with E-state index in [9.17, 15) is 9.59 Å². The van der Waals surface area contributed by atoms with E-state index >= 15 is 0 Å². The molecule has 0 unspecified atom stereocenters. The standard InChI is InChI=1S/C20H15ClN2O4S/c1-26-10-9-23-18-13(21)6-4-8-17(18)28-20(23)22-19(25)16-11-14(24)12-5-2-3-7-15(12)27-16/h2-8,11H,9-10H2,1H3. The molecule has 2 aromatic heterocycles. The number of rotatable bonds is 4. The van der Waals surface area contributed by atoms with Crippen molar-refractivity contribution in [3.63, 3.8) is 0 Å². The molecule has 1 amide bonds. The molecule has 4 aromatic rings. The Morgan fingerprint density at radius 3 is 2.89 bits per heavy atom. The predicted molar refractivity (Wildman–Crippen MR) is 109 cm³/mol. The maximum absolute atomic E-state index is 12.7. The fourth-order valence-electron chi connectivity index (χ4n) is 2.91. The Kier molecular flexibility index (Phi) is 5.13. The first-order valence-electron chi connectivity index (χ1n) is 8.47. The van der Waals surface area contributed by atoms with E-state index in [4.69, 9.17) is 20.8 Å². The number of ether oxygens (including phenoxy) is 1. The van der Waals surface area contributed by atoms with Gasteiger partial charge in [0.25, 0.3) is 0 Å². The summed E-state index contributed by atoms with van der Waals surface area (Å²) in [5.74, 6) is -0.734. The van der Waals surface area contributed by atoms with E-state index in [2.05, 4.69) is 4.99 Å². The number of benzene rings is 2. The van der Waals surface area contributed by atoms with Crippen molar-refractivity contribution in [2.75, 3.05) is 13.7 Å². The third-order valence-corrected chi connectivity index (χ3v) is 5.56. The fourth-order valence-corrected chi connectivity index (χ4v) is 4.33. The summed E-state index contributed by atoms with van der Waals surface area (Å²) < 4.78 is 13.5. The van der Waals surface area contributed by atoms with Crippen LogP contribution in [0.5, 0.6) is 0 Å². The van der Waals surface area contributed by atoms with Crippen LogP contribution in [0.25, 0.3) is 21.2 Å². The minimum absolute atomic E-state index is 0.106. The lowest BCUT2D eigenvalue weighted by atomic mass is 10.2. The van der Waals surface area contributed by atoms with Crippen molar-refractivity contribution in [3.8, 4) is 0 Å². The van der Waals surface area contributed by atoms with Gasteiger partial charge in [0, 0.05) is 19.7 Å². The maximum atomic E-state index is 12.7. The Balaban J connectivity index is 1.86. The van der Waals surface area contributed by atoms with E-state index in [1.54, 1.807) is 37.4 Å². The van der Waals surface area contributed by atoms with Crippen LogP contribution in [0.2, 0.25) is 5.02 Å². The first-order chi connectivity index (χ1) is 13.6. The van der Waals surface area contributed by atoms with E-state index in [0.29, 0.717) is 33.9 Å². The molecular weight excluding hydrogens is 400 g/mol. The normalized spacial score (nSPS) is 12.1. The van der Waals surface area contributed by atoms with Crippen molar-refractivity contribution < 1.29 is 13.9 Å². The smallest absolute Gasteiger partial charge is 0.315 e. The third kappa shape index (κ3) is 3.40. The van der Waals surface area contributed by atoms with Gasteiger partial charge in [-0.2, -0.15) is 4.99 Å². The Morgan fingerprint density at radius 2 is 2.07 bits per heavy atom. The zero-order chi connectivity index (χ0) is 19.7. The third-order valence-electron chi connectivity index (χ3n) is 4.21. The highest BCUT2D eigenvalue weighted by atomic mass is 35.5. The monoisotopic (exact) mass is 414 g/mol. The summed E-state index contributed by atoms with van der Waals surface area (Å²) in [6.07, 6.45) is 0. The van der Waals surface area contributed by atoms with Gasteiger partial charge in [-0.25, -0.2) is 0 Å². The molecular formula is C20H15ClN2O4S. The van der Waals surface area contributed by atoms with Crippen molar-refractivity contribution in [1.29, 1.82) is 0 Å². The highest BCUT2D eigenvalue weighted by Gasteiger charge is 2.14. The molecule has 2 aromatic carbocycles. The lowest BCUT2D eigenvalue weighted by Crippen LogP contribution is -2.19. The zero-order valence-electron chi connectivity index (χ0n) is 14.8. The van der Waals surface area contributed by atoms with E-state index < -0.39 is 5.91 Å². The Labute approximate surface area is 168 Å². The molecule has 142 valence electrons. The van der Waals surface area contributed by atoms with Crippen LogP contribution in [0.3, 0.4) is 0 Å². The number of halogens is 1. The van der Waals surface area contributed by atoms with Gasteiger partial charge in [-0.3, -0.25) is 9.59 Å². The maximum Gasteiger partial charge on any atom is 0.315 e. The number of fused-ring (bicyclic) bond motifs is 2. The lowest BCUT2D eigenvalue weighted by molar-refractivity contribution is 0.0971.